The second-order valence-corrected chi connectivity index (χ2v) is 9.76. The second kappa shape index (κ2) is 11.0. The first-order chi connectivity index (χ1) is 17.4. The van der Waals surface area contributed by atoms with Crippen molar-refractivity contribution in [3.63, 3.8) is 0 Å². The molecule has 9 nitrogen and oxygen atoms in total. The minimum absolute atomic E-state index is 0.273. The van der Waals surface area contributed by atoms with Crippen LogP contribution in [0, 0.1) is 26.2 Å². The molecule has 36 heavy (non-hydrogen) atoms. The molecule has 2 aliphatic rings. The van der Waals surface area contributed by atoms with Gasteiger partial charge in [0.2, 0.25) is 5.91 Å². The van der Waals surface area contributed by atoms with Crippen molar-refractivity contribution in [3.8, 4) is 12.3 Å². The van der Waals surface area contributed by atoms with Gasteiger partial charge in [-0.3, -0.25) is 14.3 Å². The van der Waals surface area contributed by atoms with Crippen molar-refractivity contribution in [2.45, 2.75) is 83.0 Å². The van der Waals surface area contributed by atoms with Crippen LogP contribution in [0.4, 0.5) is 0 Å². The first-order valence-electron chi connectivity index (χ1n) is 12.8. The van der Waals surface area contributed by atoms with Gasteiger partial charge in [-0.25, -0.2) is 4.98 Å². The Morgan fingerprint density at radius 3 is 2.61 bits per heavy atom. The second-order valence-electron chi connectivity index (χ2n) is 9.76. The molecule has 0 bridgehead atoms. The van der Waals surface area contributed by atoms with Crippen molar-refractivity contribution in [1.29, 1.82) is 0 Å². The molecule has 1 N–H and O–H groups in total. The summed E-state index contributed by atoms with van der Waals surface area (Å²) in [7, 11) is 1.59. The third-order valence-corrected chi connectivity index (χ3v) is 7.18. The average molecular weight is 490 g/mol. The molecule has 2 amide bonds. The highest BCUT2D eigenvalue weighted by molar-refractivity contribution is 5.96. The number of pyridine rings is 1. The molecule has 0 spiro atoms. The number of carbonyl (C=O) groups is 2. The Balaban J connectivity index is 1.69. The molecule has 1 saturated carbocycles. The van der Waals surface area contributed by atoms with E-state index in [4.69, 9.17) is 11.5 Å². The van der Waals surface area contributed by atoms with Gasteiger partial charge < -0.3 is 10.2 Å². The van der Waals surface area contributed by atoms with Crippen LogP contribution in [-0.2, 0) is 4.79 Å². The summed E-state index contributed by atoms with van der Waals surface area (Å²) in [6.07, 6.45) is 14.8. The van der Waals surface area contributed by atoms with Crippen LogP contribution in [-0.4, -0.2) is 50.7 Å². The number of aryl methyl sites for hydroxylation is 2. The van der Waals surface area contributed by atoms with Crippen molar-refractivity contribution in [2.24, 2.45) is 10.2 Å². The number of hydrogen-bond acceptors (Lipinski definition) is 6. The van der Waals surface area contributed by atoms with E-state index in [2.05, 4.69) is 26.4 Å². The van der Waals surface area contributed by atoms with Crippen LogP contribution < -0.4 is 5.32 Å². The SMILES string of the molecule is C#CCCC1(CCN(C(=O)c2cccc(C)n2)C(C(=O)NC)c2cn(C3CCCCC3)nc2C)N=N1. The molecule has 1 aliphatic heterocycles. The van der Waals surface area contributed by atoms with E-state index in [9.17, 15) is 9.59 Å². The summed E-state index contributed by atoms with van der Waals surface area (Å²) in [6, 6.07) is 4.78. The van der Waals surface area contributed by atoms with Gasteiger partial charge >= 0.3 is 0 Å². The molecule has 0 aromatic carbocycles. The summed E-state index contributed by atoms with van der Waals surface area (Å²) >= 11 is 0. The standard InChI is InChI=1S/C27H35N7O2/c1-5-6-15-27(31-32-27)16-17-33(26(36)23-14-10-11-19(2)29-23)24(25(35)28-4)22-18-34(30-20(22)3)21-12-8-7-9-13-21/h1,10-11,14,18,21,24H,6-9,12-13,15-17H2,2-4H3,(H,28,35). The number of carbonyl (C=O) groups excluding carboxylic acids is 2. The van der Waals surface area contributed by atoms with Crippen LogP contribution >= 0.6 is 0 Å². The Labute approximate surface area is 212 Å². The Hall–Kier alpha value is -3.54. The number of hydrogen-bond donors (Lipinski definition) is 1. The molecule has 1 atom stereocenters. The molecule has 1 aliphatic carbocycles. The van der Waals surface area contributed by atoms with E-state index < -0.39 is 11.7 Å². The van der Waals surface area contributed by atoms with E-state index in [0.29, 0.717) is 31.0 Å². The van der Waals surface area contributed by atoms with Gasteiger partial charge in [0, 0.05) is 50.3 Å². The number of nitrogens with zero attached hydrogens (tertiary/aromatic N) is 6. The predicted octanol–water partition coefficient (Wildman–Crippen LogP) is 4.30. The first kappa shape index (κ1) is 25.5. The molecule has 4 rings (SSSR count). The van der Waals surface area contributed by atoms with Gasteiger partial charge in [-0.15, -0.1) is 12.3 Å². The van der Waals surface area contributed by atoms with Crippen molar-refractivity contribution < 1.29 is 9.59 Å². The van der Waals surface area contributed by atoms with Crippen LogP contribution in [0.3, 0.4) is 0 Å². The Morgan fingerprint density at radius 2 is 1.97 bits per heavy atom. The van der Waals surface area contributed by atoms with Gasteiger partial charge in [0.25, 0.3) is 5.91 Å². The zero-order valence-electron chi connectivity index (χ0n) is 21.4. The minimum Gasteiger partial charge on any atom is -0.357 e. The molecular weight excluding hydrogens is 454 g/mol. The summed E-state index contributed by atoms with van der Waals surface area (Å²) in [6.45, 7) is 4.02. The fraction of sp³-hybridized carbons (Fsp3) is 0.556. The van der Waals surface area contributed by atoms with E-state index in [1.54, 1.807) is 24.1 Å². The average Bonchev–Trinajstić information content (AvgIpc) is 3.57. The molecule has 0 saturated heterocycles. The third-order valence-electron chi connectivity index (χ3n) is 7.18. The molecular formula is C27H35N7O2. The van der Waals surface area contributed by atoms with Crippen molar-refractivity contribution in [3.05, 3.63) is 47.0 Å². The van der Waals surface area contributed by atoms with E-state index in [1.807, 2.05) is 30.8 Å². The third kappa shape index (κ3) is 5.64. The maximum atomic E-state index is 13.9. The maximum Gasteiger partial charge on any atom is 0.273 e. The lowest BCUT2D eigenvalue weighted by Gasteiger charge is -2.31. The van der Waals surface area contributed by atoms with Gasteiger partial charge in [-0.05, 0) is 38.8 Å². The summed E-state index contributed by atoms with van der Waals surface area (Å²) < 4.78 is 1.99. The monoisotopic (exact) mass is 489 g/mol. The Kier molecular flexibility index (Phi) is 7.82. The van der Waals surface area contributed by atoms with Crippen LogP contribution in [0.15, 0.2) is 34.6 Å². The van der Waals surface area contributed by atoms with Crippen molar-refractivity contribution in [2.75, 3.05) is 13.6 Å². The number of terminal acetylenes is 1. The molecule has 9 heteroatoms. The lowest BCUT2D eigenvalue weighted by Crippen LogP contribution is -2.44. The van der Waals surface area contributed by atoms with Crippen LogP contribution in [0.1, 0.15) is 90.9 Å². The van der Waals surface area contributed by atoms with Gasteiger partial charge in [0.15, 0.2) is 5.66 Å². The number of rotatable bonds is 10. The van der Waals surface area contributed by atoms with Crippen LogP contribution in [0.5, 0.6) is 0 Å². The van der Waals surface area contributed by atoms with Crippen molar-refractivity contribution in [1.82, 2.24) is 25.0 Å². The zero-order chi connectivity index (χ0) is 25.7. The van der Waals surface area contributed by atoms with Crippen molar-refractivity contribution >= 4 is 11.8 Å². The summed E-state index contributed by atoms with van der Waals surface area (Å²) in [5, 5.41) is 16.0. The highest BCUT2D eigenvalue weighted by Gasteiger charge is 2.42. The minimum atomic E-state index is -0.856. The van der Waals surface area contributed by atoms with Gasteiger partial charge in [0.1, 0.15) is 11.7 Å². The fourth-order valence-electron chi connectivity index (χ4n) is 5.01. The number of amides is 2. The Bertz CT molecular complexity index is 1170. The summed E-state index contributed by atoms with van der Waals surface area (Å²) in [5.74, 6) is 2.05. The molecule has 2 aromatic heterocycles. The van der Waals surface area contributed by atoms with E-state index >= 15 is 0 Å². The number of likely N-dealkylation sites (N-methyl/N-ethyl adjacent to an activating group) is 1. The highest BCUT2D eigenvalue weighted by atomic mass is 16.2. The van der Waals surface area contributed by atoms with Crippen LogP contribution in [0.25, 0.3) is 0 Å². The van der Waals surface area contributed by atoms with Gasteiger partial charge in [-0.2, -0.15) is 15.3 Å². The molecule has 1 unspecified atom stereocenters. The summed E-state index contributed by atoms with van der Waals surface area (Å²) in [5.41, 5.74) is 1.91. The predicted molar refractivity (Wildman–Crippen MR) is 136 cm³/mol. The zero-order valence-corrected chi connectivity index (χ0v) is 21.4. The van der Waals surface area contributed by atoms with Gasteiger partial charge in [0.05, 0.1) is 11.7 Å². The van der Waals surface area contributed by atoms with Gasteiger partial charge in [-0.1, -0.05) is 25.3 Å². The largest absolute Gasteiger partial charge is 0.357 e. The smallest absolute Gasteiger partial charge is 0.273 e. The molecule has 1 fully saturated rings. The quantitative estimate of drug-likeness (QED) is 0.503. The highest BCUT2D eigenvalue weighted by Crippen LogP contribution is 2.38. The van der Waals surface area contributed by atoms with Crippen LogP contribution in [0.2, 0.25) is 0 Å². The molecule has 3 heterocycles. The van der Waals surface area contributed by atoms with E-state index in [-0.39, 0.29) is 18.4 Å². The number of aromatic nitrogens is 3. The number of nitrogens with one attached hydrogen (secondary N) is 1. The first-order valence-corrected chi connectivity index (χ1v) is 12.8. The lowest BCUT2D eigenvalue weighted by atomic mass is 9.95. The molecule has 0 radical (unpaired) electrons. The maximum absolute atomic E-state index is 13.9. The van der Waals surface area contributed by atoms with E-state index in [1.165, 1.54) is 19.3 Å². The summed E-state index contributed by atoms with van der Waals surface area (Å²) in [4.78, 5) is 33.3. The molecule has 2 aromatic rings. The van der Waals surface area contributed by atoms with E-state index in [0.717, 1.165) is 29.8 Å². The molecule has 190 valence electrons. The topological polar surface area (TPSA) is 105 Å². The fourth-order valence-corrected chi connectivity index (χ4v) is 5.01. The normalized spacial score (nSPS) is 17.3. The Morgan fingerprint density at radius 1 is 1.22 bits per heavy atom. The lowest BCUT2D eigenvalue weighted by molar-refractivity contribution is -0.125.